The van der Waals surface area contributed by atoms with E-state index < -0.39 is 0 Å². The molecule has 1 aromatic carbocycles. The number of rotatable bonds is 43. The van der Waals surface area contributed by atoms with Crippen molar-refractivity contribution in [2.75, 3.05) is 165 Å². The fraction of sp³-hybridized carbons (Fsp3) is 0.838. The third-order valence-corrected chi connectivity index (χ3v) is 6.72. The highest BCUT2D eigenvalue weighted by molar-refractivity contribution is 5.13. The van der Waals surface area contributed by atoms with Crippen LogP contribution in [-0.2, 0) is 68.2 Å². The molecule has 0 spiro atoms. The van der Waals surface area contributed by atoms with E-state index in [0.717, 1.165) is 18.6 Å². The first-order valence-electron chi connectivity index (χ1n) is 18.5. The van der Waals surface area contributed by atoms with Crippen LogP contribution in [-0.4, -0.2) is 165 Å². The van der Waals surface area contributed by atoms with Crippen LogP contribution in [0.25, 0.3) is 0 Å². The van der Waals surface area contributed by atoms with Gasteiger partial charge in [-0.25, -0.2) is 0 Å². The molecule has 1 rings (SSSR count). The molecule has 0 aliphatic heterocycles. The van der Waals surface area contributed by atoms with Crippen molar-refractivity contribution < 1.29 is 61.6 Å². The minimum Gasteiger partial charge on any atom is -0.379 e. The zero-order valence-corrected chi connectivity index (χ0v) is 30.9. The summed E-state index contributed by atoms with van der Waals surface area (Å²) in [5.74, 6) is 0. The molecule has 50 heavy (non-hydrogen) atoms. The second-order valence-corrected chi connectivity index (χ2v) is 10.9. The van der Waals surface area contributed by atoms with Gasteiger partial charge in [0, 0.05) is 6.61 Å². The first-order valence-corrected chi connectivity index (χ1v) is 18.5. The molecule has 0 aromatic heterocycles. The second-order valence-electron chi connectivity index (χ2n) is 10.9. The minimum atomic E-state index is 0.512. The van der Waals surface area contributed by atoms with Gasteiger partial charge in [0.15, 0.2) is 0 Å². The number of hydrogen-bond donors (Lipinski definition) is 0. The van der Waals surface area contributed by atoms with Crippen LogP contribution in [0.3, 0.4) is 0 Å². The molecule has 0 N–H and O–H groups in total. The van der Waals surface area contributed by atoms with Gasteiger partial charge in [0.05, 0.1) is 165 Å². The quantitative estimate of drug-likeness (QED) is 0.0906. The molecule has 294 valence electrons. The molecule has 1 aromatic rings. The van der Waals surface area contributed by atoms with Crippen molar-refractivity contribution >= 4 is 0 Å². The predicted molar refractivity (Wildman–Crippen MR) is 190 cm³/mol. The summed E-state index contributed by atoms with van der Waals surface area (Å²) in [6.45, 7) is 16.5. The van der Waals surface area contributed by atoms with Gasteiger partial charge in [-0.15, -0.1) is 0 Å². The molecule has 0 fully saturated rings. The van der Waals surface area contributed by atoms with Gasteiger partial charge in [0.1, 0.15) is 0 Å². The van der Waals surface area contributed by atoms with E-state index in [1.165, 1.54) is 19.3 Å². The van der Waals surface area contributed by atoms with Gasteiger partial charge in [0.25, 0.3) is 0 Å². The van der Waals surface area contributed by atoms with E-state index in [1.807, 2.05) is 30.3 Å². The van der Waals surface area contributed by atoms with Crippen LogP contribution < -0.4 is 0 Å². The molecule has 13 heteroatoms. The molecular formula is C37H68O13. The van der Waals surface area contributed by atoms with Crippen molar-refractivity contribution in [2.45, 2.75) is 39.2 Å². The van der Waals surface area contributed by atoms with Gasteiger partial charge in [-0.3, -0.25) is 0 Å². The van der Waals surface area contributed by atoms with Crippen molar-refractivity contribution in [3.05, 3.63) is 35.9 Å². The van der Waals surface area contributed by atoms with Crippen LogP contribution in [0, 0.1) is 0 Å². The molecule has 0 saturated carbocycles. The average molecular weight is 721 g/mol. The maximum absolute atomic E-state index is 5.57. The Hall–Kier alpha value is -1.30. The van der Waals surface area contributed by atoms with E-state index in [1.54, 1.807) is 0 Å². The van der Waals surface area contributed by atoms with Crippen molar-refractivity contribution in [1.82, 2.24) is 0 Å². The summed E-state index contributed by atoms with van der Waals surface area (Å²) < 4.78 is 71.5. The maximum atomic E-state index is 5.57. The lowest BCUT2D eigenvalue weighted by Crippen LogP contribution is -2.15. The lowest BCUT2D eigenvalue weighted by molar-refractivity contribution is -0.0292. The molecule has 0 radical (unpaired) electrons. The first-order chi connectivity index (χ1) is 24.9. The van der Waals surface area contributed by atoms with Crippen molar-refractivity contribution in [3.8, 4) is 0 Å². The predicted octanol–water partition coefficient (Wildman–Crippen LogP) is 3.98. The molecule has 0 saturated heterocycles. The van der Waals surface area contributed by atoms with Crippen LogP contribution in [0.1, 0.15) is 38.2 Å². The molecule has 0 amide bonds. The average Bonchev–Trinajstić information content (AvgIpc) is 3.14. The summed E-state index contributed by atoms with van der Waals surface area (Å²) in [4.78, 5) is 0. The van der Waals surface area contributed by atoms with Gasteiger partial charge in [-0.05, 0) is 12.0 Å². The molecule has 0 unspecified atom stereocenters. The fourth-order valence-corrected chi connectivity index (χ4v) is 4.03. The molecule has 0 bridgehead atoms. The van der Waals surface area contributed by atoms with E-state index in [0.29, 0.717) is 165 Å². The largest absolute Gasteiger partial charge is 0.379 e. The van der Waals surface area contributed by atoms with Crippen molar-refractivity contribution in [2.24, 2.45) is 0 Å². The van der Waals surface area contributed by atoms with Gasteiger partial charge in [0.2, 0.25) is 0 Å². The maximum Gasteiger partial charge on any atom is 0.0718 e. The van der Waals surface area contributed by atoms with E-state index >= 15 is 0 Å². The number of unbranched alkanes of at least 4 members (excludes halogenated alkanes) is 3. The summed E-state index contributed by atoms with van der Waals surface area (Å²) in [5.41, 5.74) is 1.16. The Balaban J connectivity index is 1.60. The van der Waals surface area contributed by atoms with Gasteiger partial charge in [-0.2, -0.15) is 0 Å². The molecule has 13 nitrogen and oxygen atoms in total. The first kappa shape index (κ1) is 46.7. The molecule has 0 aliphatic carbocycles. The third kappa shape index (κ3) is 37.9. The molecule has 0 heterocycles. The number of hydrogen-bond acceptors (Lipinski definition) is 13. The van der Waals surface area contributed by atoms with Crippen molar-refractivity contribution in [1.29, 1.82) is 0 Å². The summed E-state index contributed by atoms with van der Waals surface area (Å²) in [5, 5.41) is 0. The van der Waals surface area contributed by atoms with Crippen LogP contribution >= 0.6 is 0 Å². The lowest BCUT2D eigenvalue weighted by Gasteiger charge is -2.09. The van der Waals surface area contributed by atoms with Crippen LogP contribution in [0.5, 0.6) is 0 Å². The minimum absolute atomic E-state index is 0.512. The van der Waals surface area contributed by atoms with Crippen LogP contribution in [0.2, 0.25) is 0 Å². The smallest absolute Gasteiger partial charge is 0.0718 e. The fourth-order valence-electron chi connectivity index (χ4n) is 4.03. The highest BCUT2D eigenvalue weighted by atomic mass is 16.6. The van der Waals surface area contributed by atoms with Gasteiger partial charge in [-0.1, -0.05) is 56.5 Å². The van der Waals surface area contributed by atoms with Gasteiger partial charge < -0.3 is 61.6 Å². The highest BCUT2D eigenvalue weighted by Crippen LogP contribution is 2.00. The van der Waals surface area contributed by atoms with Crippen molar-refractivity contribution in [3.63, 3.8) is 0 Å². The Labute approximate surface area is 301 Å². The SMILES string of the molecule is CCCCCCOCCOCCOCCOCCOCCOCCOCCOCCOCCOCCOCCOCCOCc1ccccc1. The van der Waals surface area contributed by atoms with E-state index in [-0.39, 0.29) is 0 Å². The van der Waals surface area contributed by atoms with E-state index in [2.05, 4.69) is 6.92 Å². The Kier molecular flexibility index (Phi) is 39.4. The monoisotopic (exact) mass is 720 g/mol. The van der Waals surface area contributed by atoms with Crippen LogP contribution in [0.4, 0.5) is 0 Å². The number of benzene rings is 1. The molecule has 0 atom stereocenters. The Morgan fingerprint density at radius 1 is 0.280 bits per heavy atom. The van der Waals surface area contributed by atoms with Crippen LogP contribution in [0.15, 0.2) is 30.3 Å². The Bertz CT molecular complexity index is 747. The second kappa shape index (κ2) is 42.1. The van der Waals surface area contributed by atoms with E-state index in [9.17, 15) is 0 Å². The Morgan fingerprint density at radius 2 is 0.540 bits per heavy atom. The molecule has 0 aliphatic rings. The summed E-state index contributed by atoms with van der Waals surface area (Å²) in [7, 11) is 0. The standard InChI is InChI=1S/C37H68O13/c1-2-3-4-8-11-38-12-13-39-14-15-40-16-17-41-18-19-42-20-21-43-22-23-44-24-25-45-26-27-46-28-29-47-30-31-48-32-33-49-34-35-50-36-37-9-6-5-7-10-37/h5-7,9-10H,2-4,8,11-36H2,1H3. The summed E-state index contributed by atoms with van der Waals surface area (Å²) >= 11 is 0. The zero-order valence-electron chi connectivity index (χ0n) is 30.9. The summed E-state index contributed by atoms with van der Waals surface area (Å²) in [6.07, 6.45) is 4.89. The summed E-state index contributed by atoms with van der Waals surface area (Å²) in [6, 6.07) is 10.1. The Morgan fingerprint density at radius 3 is 0.820 bits per heavy atom. The number of ether oxygens (including phenoxy) is 13. The normalized spacial score (nSPS) is 11.5. The third-order valence-electron chi connectivity index (χ3n) is 6.72. The highest BCUT2D eigenvalue weighted by Gasteiger charge is 1.97. The molecular weight excluding hydrogens is 652 g/mol. The lowest BCUT2D eigenvalue weighted by atomic mass is 10.2. The van der Waals surface area contributed by atoms with Gasteiger partial charge >= 0.3 is 0 Å². The topological polar surface area (TPSA) is 120 Å². The van der Waals surface area contributed by atoms with E-state index in [4.69, 9.17) is 61.6 Å². The zero-order chi connectivity index (χ0) is 35.5.